The van der Waals surface area contributed by atoms with E-state index in [-0.39, 0.29) is 28.7 Å². The van der Waals surface area contributed by atoms with Gasteiger partial charge in [0.1, 0.15) is 5.78 Å². The maximum atomic E-state index is 12.9. The van der Waals surface area contributed by atoms with Gasteiger partial charge in [0.2, 0.25) is 5.91 Å². The van der Waals surface area contributed by atoms with Crippen LogP contribution in [-0.2, 0) is 20.7 Å². The molecule has 1 aromatic heterocycles. The molecule has 0 saturated carbocycles. The largest absolute Gasteiger partial charge is 0.376 e. The van der Waals surface area contributed by atoms with Crippen molar-refractivity contribution >= 4 is 22.6 Å². The van der Waals surface area contributed by atoms with Crippen LogP contribution in [0.2, 0.25) is 0 Å². The Morgan fingerprint density at radius 1 is 1.23 bits per heavy atom. The van der Waals surface area contributed by atoms with Crippen LogP contribution in [0.1, 0.15) is 77.1 Å². The van der Waals surface area contributed by atoms with Crippen LogP contribution < -0.4 is 0 Å². The molecule has 3 heterocycles. The summed E-state index contributed by atoms with van der Waals surface area (Å²) in [6.45, 7) is 9.27. The van der Waals surface area contributed by atoms with Crippen LogP contribution in [-0.4, -0.2) is 40.3 Å². The predicted octanol–water partition coefficient (Wildman–Crippen LogP) is 4.95. The minimum Gasteiger partial charge on any atom is -0.376 e. The molecule has 30 heavy (non-hydrogen) atoms. The molecule has 4 rings (SSSR count). The summed E-state index contributed by atoms with van der Waals surface area (Å²) in [4.78, 5) is 30.6. The number of benzene rings is 1. The number of aromatic amines is 1. The van der Waals surface area contributed by atoms with Gasteiger partial charge in [-0.05, 0) is 70.4 Å². The van der Waals surface area contributed by atoms with E-state index in [4.69, 9.17) is 4.74 Å². The molecule has 1 saturated heterocycles. The second kappa shape index (κ2) is 7.84. The summed E-state index contributed by atoms with van der Waals surface area (Å²) in [5.41, 5.74) is 3.29. The van der Waals surface area contributed by atoms with Gasteiger partial charge in [0.05, 0.1) is 11.6 Å². The Morgan fingerprint density at radius 3 is 2.73 bits per heavy atom. The highest BCUT2D eigenvalue weighted by Gasteiger charge is 2.50. The molecule has 1 aromatic carbocycles. The van der Waals surface area contributed by atoms with E-state index < -0.39 is 0 Å². The molecule has 1 amide bonds. The van der Waals surface area contributed by atoms with Crippen molar-refractivity contribution in [1.82, 2.24) is 9.88 Å². The van der Waals surface area contributed by atoms with Gasteiger partial charge in [-0.2, -0.15) is 0 Å². The molecule has 2 atom stereocenters. The Morgan fingerprint density at radius 2 is 2.00 bits per heavy atom. The van der Waals surface area contributed by atoms with Gasteiger partial charge in [0, 0.05) is 42.6 Å². The number of H-pyrrole nitrogens is 1. The number of aromatic nitrogens is 1. The first-order chi connectivity index (χ1) is 14.2. The molecule has 2 aliphatic rings. The molecule has 2 aliphatic heterocycles. The van der Waals surface area contributed by atoms with Crippen LogP contribution in [0.4, 0.5) is 0 Å². The van der Waals surface area contributed by atoms with Crippen molar-refractivity contribution in [2.24, 2.45) is 5.41 Å². The highest BCUT2D eigenvalue weighted by Crippen LogP contribution is 2.54. The third-order valence-electron chi connectivity index (χ3n) is 6.88. The number of Topliss-reactive ketones (excluding diaryl/α,β-unsaturated/α-hetero) is 1. The number of nitrogens with one attached hydrogen (secondary N) is 1. The molecule has 0 spiro atoms. The SMILES string of the molecule is CC(=O)CC[C@]1(CCOC(C)(C)C)CCC(=O)N2CCc3c([nH]c4ccccc34)[C@@H]21. The molecule has 2 aromatic rings. The number of carbonyl (C=O) groups is 2. The second-order valence-electron chi connectivity index (χ2n) is 10.1. The zero-order valence-corrected chi connectivity index (χ0v) is 18.7. The number of nitrogens with zero attached hydrogens (tertiary/aromatic N) is 1. The van der Waals surface area contributed by atoms with Gasteiger partial charge < -0.3 is 19.4 Å². The summed E-state index contributed by atoms with van der Waals surface area (Å²) in [5.74, 6) is 0.446. The van der Waals surface area contributed by atoms with Gasteiger partial charge in [0.15, 0.2) is 0 Å². The molecule has 162 valence electrons. The number of hydrogen-bond acceptors (Lipinski definition) is 3. The summed E-state index contributed by atoms with van der Waals surface area (Å²) in [5, 5.41) is 1.26. The fourth-order valence-corrected chi connectivity index (χ4v) is 5.42. The topological polar surface area (TPSA) is 62.4 Å². The number of ether oxygens (including phenoxy) is 1. The van der Waals surface area contributed by atoms with E-state index in [0.717, 1.165) is 37.7 Å². The third kappa shape index (κ3) is 3.92. The molecule has 5 heteroatoms. The summed E-state index contributed by atoms with van der Waals surface area (Å²) >= 11 is 0. The van der Waals surface area contributed by atoms with E-state index in [1.807, 2.05) is 6.07 Å². The summed E-state index contributed by atoms with van der Waals surface area (Å²) in [6.07, 6.45) is 4.43. The first-order valence-electron chi connectivity index (χ1n) is 11.2. The predicted molar refractivity (Wildman–Crippen MR) is 118 cm³/mol. The molecular formula is C25H34N2O3. The van der Waals surface area contributed by atoms with Crippen LogP contribution in [0.3, 0.4) is 0 Å². The first kappa shape index (κ1) is 21.1. The lowest BCUT2D eigenvalue weighted by Gasteiger charge is -2.52. The molecule has 5 nitrogen and oxygen atoms in total. The summed E-state index contributed by atoms with van der Waals surface area (Å²) in [6, 6.07) is 8.40. The number of rotatable bonds is 6. The normalized spacial score (nSPS) is 24.1. The van der Waals surface area contributed by atoms with E-state index in [1.54, 1.807) is 6.92 Å². The molecule has 0 radical (unpaired) electrons. The Bertz CT molecular complexity index is 955. The lowest BCUT2D eigenvalue weighted by molar-refractivity contribution is -0.148. The average Bonchev–Trinajstić information content (AvgIpc) is 3.06. The Balaban J connectivity index is 1.77. The Kier molecular flexibility index (Phi) is 5.52. The zero-order chi connectivity index (χ0) is 21.5. The molecule has 0 bridgehead atoms. The monoisotopic (exact) mass is 410 g/mol. The fraction of sp³-hybridized carbons (Fsp3) is 0.600. The van der Waals surface area contributed by atoms with Gasteiger partial charge >= 0.3 is 0 Å². The lowest BCUT2D eigenvalue weighted by Crippen LogP contribution is -2.52. The number of amides is 1. The maximum Gasteiger partial charge on any atom is 0.223 e. The minimum atomic E-state index is -0.204. The standard InChI is InChI=1S/C25H34N2O3/c1-17(28)9-12-25(14-16-30-24(2,3)4)13-10-21(29)27-15-11-19-18-7-5-6-8-20(18)26-22(19)23(25)27/h5-8,23,26H,9-16H2,1-4H3/t23-,25-/m1/s1. The number of fused-ring (bicyclic) bond motifs is 5. The number of hydrogen-bond donors (Lipinski definition) is 1. The minimum absolute atomic E-state index is 0.0159. The van der Waals surface area contributed by atoms with Gasteiger partial charge in [-0.15, -0.1) is 0 Å². The molecular weight excluding hydrogens is 376 g/mol. The van der Waals surface area contributed by atoms with Crippen molar-refractivity contribution in [2.75, 3.05) is 13.2 Å². The van der Waals surface area contributed by atoms with E-state index in [0.29, 0.717) is 19.4 Å². The van der Waals surface area contributed by atoms with E-state index in [1.165, 1.54) is 16.6 Å². The number of carbonyl (C=O) groups excluding carboxylic acids is 2. The third-order valence-corrected chi connectivity index (χ3v) is 6.88. The second-order valence-corrected chi connectivity index (χ2v) is 10.1. The highest BCUT2D eigenvalue weighted by atomic mass is 16.5. The van der Waals surface area contributed by atoms with Crippen LogP contribution in [0.5, 0.6) is 0 Å². The lowest BCUT2D eigenvalue weighted by atomic mass is 9.65. The smallest absolute Gasteiger partial charge is 0.223 e. The quantitative estimate of drug-likeness (QED) is 0.733. The maximum absolute atomic E-state index is 12.9. The van der Waals surface area contributed by atoms with Crippen molar-refractivity contribution in [3.63, 3.8) is 0 Å². The van der Waals surface area contributed by atoms with E-state index in [9.17, 15) is 9.59 Å². The Hall–Kier alpha value is -2.14. The van der Waals surface area contributed by atoms with Crippen molar-refractivity contribution in [3.05, 3.63) is 35.5 Å². The van der Waals surface area contributed by atoms with Crippen molar-refractivity contribution in [2.45, 2.75) is 77.9 Å². The summed E-state index contributed by atoms with van der Waals surface area (Å²) in [7, 11) is 0. The van der Waals surface area contributed by atoms with Crippen LogP contribution >= 0.6 is 0 Å². The van der Waals surface area contributed by atoms with Gasteiger partial charge in [-0.3, -0.25) is 4.79 Å². The van der Waals surface area contributed by atoms with Gasteiger partial charge in [-0.25, -0.2) is 0 Å². The van der Waals surface area contributed by atoms with Crippen molar-refractivity contribution in [3.8, 4) is 0 Å². The fourth-order valence-electron chi connectivity index (χ4n) is 5.42. The number of piperidine rings is 1. The van der Waals surface area contributed by atoms with E-state index in [2.05, 4.69) is 48.9 Å². The Labute approximate surface area is 179 Å². The van der Waals surface area contributed by atoms with Crippen LogP contribution in [0, 0.1) is 5.41 Å². The highest BCUT2D eigenvalue weighted by molar-refractivity contribution is 5.86. The molecule has 1 fully saturated rings. The molecule has 1 N–H and O–H groups in total. The zero-order valence-electron chi connectivity index (χ0n) is 18.7. The van der Waals surface area contributed by atoms with Gasteiger partial charge in [-0.1, -0.05) is 18.2 Å². The average molecular weight is 411 g/mol. The van der Waals surface area contributed by atoms with Crippen LogP contribution in [0.15, 0.2) is 24.3 Å². The molecule has 0 aliphatic carbocycles. The summed E-state index contributed by atoms with van der Waals surface area (Å²) < 4.78 is 6.12. The molecule has 0 unspecified atom stereocenters. The first-order valence-corrected chi connectivity index (χ1v) is 11.2. The van der Waals surface area contributed by atoms with E-state index >= 15 is 0 Å². The number of ketones is 1. The van der Waals surface area contributed by atoms with Crippen molar-refractivity contribution < 1.29 is 14.3 Å². The van der Waals surface area contributed by atoms with Crippen molar-refractivity contribution in [1.29, 1.82) is 0 Å². The van der Waals surface area contributed by atoms with Gasteiger partial charge in [0.25, 0.3) is 0 Å². The van der Waals surface area contributed by atoms with Crippen LogP contribution in [0.25, 0.3) is 10.9 Å². The number of para-hydroxylation sites is 1.